The van der Waals surface area contributed by atoms with Crippen molar-refractivity contribution in [1.29, 1.82) is 0 Å². The second-order valence-corrected chi connectivity index (χ2v) is 7.37. The maximum absolute atomic E-state index is 13.5. The number of carbonyl (C=O) groups is 1. The molecule has 4 rings (SSSR count). The van der Waals surface area contributed by atoms with Crippen molar-refractivity contribution in [2.45, 2.75) is 12.5 Å². The predicted octanol–water partition coefficient (Wildman–Crippen LogP) is 4.65. The van der Waals surface area contributed by atoms with Crippen molar-refractivity contribution in [3.05, 3.63) is 89.5 Å². The number of hydrogen-bond donors (Lipinski definition) is 0. The van der Waals surface area contributed by atoms with Gasteiger partial charge in [0, 0.05) is 44.5 Å². The van der Waals surface area contributed by atoms with Crippen LogP contribution in [0.15, 0.2) is 72.8 Å². The first-order valence-electron chi connectivity index (χ1n) is 9.41. The summed E-state index contributed by atoms with van der Waals surface area (Å²) in [6.45, 7) is 0.564. The lowest BCUT2D eigenvalue weighted by Crippen LogP contribution is -2.33. The molecule has 0 saturated heterocycles. The molecule has 0 bridgehead atoms. The van der Waals surface area contributed by atoms with Crippen LogP contribution in [0.1, 0.15) is 22.6 Å². The Morgan fingerprint density at radius 1 is 0.821 bits per heavy atom. The molecule has 0 unspecified atom stereocenters. The molecule has 28 heavy (non-hydrogen) atoms. The molecule has 0 fully saturated rings. The number of rotatable bonds is 4. The van der Waals surface area contributed by atoms with Gasteiger partial charge in [0.25, 0.3) is 0 Å². The minimum absolute atomic E-state index is 0.0693. The molecule has 0 saturated carbocycles. The van der Waals surface area contributed by atoms with Crippen LogP contribution in [0, 0.1) is 0 Å². The zero-order valence-corrected chi connectivity index (χ0v) is 16.4. The van der Waals surface area contributed by atoms with E-state index in [4.69, 9.17) is 4.74 Å². The van der Waals surface area contributed by atoms with Crippen molar-refractivity contribution >= 4 is 11.6 Å². The van der Waals surface area contributed by atoms with Crippen LogP contribution in [0.4, 0.5) is 5.69 Å². The van der Waals surface area contributed by atoms with Crippen molar-refractivity contribution < 1.29 is 9.53 Å². The Balaban J connectivity index is 1.62. The van der Waals surface area contributed by atoms with E-state index in [0.717, 1.165) is 33.9 Å². The average molecular weight is 372 g/mol. The molecule has 0 atom stereocenters. The van der Waals surface area contributed by atoms with Gasteiger partial charge in [0.2, 0.25) is 5.91 Å². The van der Waals surface area contributed by atoms with E-state index in [2.05, 4.69) is 29.2 Å². The molecule has 0 radical (unpaired) electrons. The summed E-state index contributed by atoms with van der Waals surface area (Å²) < 4.78 is 6.02. The normalized spacial score (nSPS) is 12.5. The topological polar surface area (TPSA) is 32.8 Å². The maximum atomic E-state index is 13.5. The van der Waals surface area contributed by atoms with Gasteiger partial charge in [-0.05, 0) is 29.8 Å². The monoisotopic (exact) mass is 372 g/mol. The number of para-hydroxylation sites is 2. The standard InChI is InChI=1S/C24H24N2O2/c1-25(2)18-14-12-17(13-15-18)16-26(3)24(27)23-19-8-4-6-10-21(19)28-22-11-7-5-9-20(22)23/h4-15,23H,16H2,1-3H3. The van der Waals surface area contributed by atoms with Gasteiger partial charge in [-0.3, -0.25) is 4.79 Å². The molecule has 142 valence electrons. The van der Waals surface area contributed by atoms with E-state index in [1.54, 1.807) is 4.90 Å². The van der Waals surface area contributed by atoms with Crippen LogP contribution in [-0.4, -0.2) is 32.0 Å². The maximum Gasteiger partial charge on any atom is 0.234 e. The second-order valence-electron chi connectivity index (χ2n) is 7.37. The van der Waals surface area contributed by atoms with Crippen LogP contribution in [0.2, 0.25) is 0 Å². The van der Waals surface area contributed by atoms with E-state index in [9.17, 15) is 4.79 Å². The molecule has 0 aliphatic carbocycles. The highest BCUT2D eigenvalue weighted by atomic mass is 16.5. The Bertz CT molecular complexity index is 950. The van der Waals surface area contributed by atoms with Crippen LogP contribution < -0.4 is 9.64 Å². The van der Waals surface area contributed by atoms with Gasteiger partial charge in [-0.15, -0.1) is 0 Å². The van der Waals surface area contributed by atoms with Crippen LogP contribution in [0.25, 0.3) is 0 Å². The van der Waals surface area contributed by atoms with Crippen LogP contribution in [0.5, 0.6) is 11.5 Å². The van der Waals surface area contributed by atoms with Gasteiger partial charge in [-0.25, -0.2) is 0 Å². The van der Waals surface area contributed by atoms with Gasteiger partial charge in [0.05, 0.1) is 5.92 Å². The summed E-state index contributed by atoms with van der Waals surface area (Å²) in [6.07, 6.45) is 0. The minimum Gasteiger partial charge on any atom is -0.457 e. The summed E-state index contributed by atoms with van der Waals surface area (Å²) in [5.41, 5.74) is 4.09. The van der Waals surface area contributed by atoms with Crippen molar-refractivity contribution in [3.8, 4) is 11.5 Å². The number of anilines is 1. The van der Waals surface area contributed by atoms with E-state index in [1.165, 1.54) is 0 Å². The second kappa shape index (κ2) is 7.39. The summed E-state index contributed by atoms with van der Waals surface area (Å²) in [5.74, 6) is 1.22. The average Bonchev–Trinajstić information content (AvgIpc) is 2.71. The lowest BCUT2D eigenvalue weighted by Gasteiger charge is -2.30. The molecule has 1 aliphatic heterocycles. The van der Waals surface area contributed by atoms with E-state index in [1.807, 2.05) is 69.7 Å². The van der Waals surface area contributed by atoms with Crippen molar-refractivity contribution in [3.63, 3.8) is 0 Å². The lowest BCUT2D eigenvalue weighted by atomic mass is 9.87. The minimum atomic E-state index is -0.354. The molecule has 1 aliphatic rings. The summed E-state index contributed by atoms with van der Waals surface area (Å²) in [6, 6.07) is 23.9. The molecule has 4 nitrogen and oxygen atoms in total. The number of likely N-dealkylation sites (N-methyl/N-ethyl adjacent to an activating group) is 1. The molecule has 0 aromatic heterocycles. The van der Waals surface area contributed by atoms with Crippen LogP contribution in [-0.2, 0) is 11.3 Å². The summed E-state index contributed by atoms with van der Waals surface area (Å²) in [5, 5.41) is 0. The van der Waals surface area contributed by atoms with Crippen LogP contribution >= 0.6 is 0 Å². The zero-order chi connectivity index (χ0) is 19.7. The predicted molar refractivity (Wildman–Crippen MR) is 112 cm³/mol. The molecule has 3 aromatic rings. The Kier molecular flexibility index (Phi) is 4.78. The molecule has 1 heterocycles. The lowest BCUT2D eigenvalue weighted by molar-refractivity contribution is -0.131. The molecule has 4 heteroatoms. The highest BCUT2D eigenvalue weighted by Gasteiger charge is 2.34. The van der Waals surface area contributed by atoms with E-state index >= 15 is 0 Å². The number of carbonyl (C=O) groups excluding carboxylic acids is 1. The first kappa shape index (κ1) is 18.1. The third kappa shape index (κ3) is 3.33. The molecular weight excluding hydrogens is 348 g/mol. The summed E-state index contributed by atoms with van der Waals surface area (Å²) in [7, 11) is 5.90. The van der Waals surface area contributed by atoms with Gasteiger partial charge in [-0.1, -0.05) is 48.5 Å². The third-order valence-electron chi connectivity index (χ3n) is 5.18. The number of benzene rings is 3. The number of ether oxygens (including phenoxy) is 1. The van der Waals surface area contributed by atoms with Crippen molar-refractivity contribution in [2.75, 3.05) is 26.0 Å². The Labute approximate surface area is 166 Å². The summed E-state index contributed by atoms with van der Waals surface area (Å²) in [4.78, 5) is 17.3. The SMILES string of the molecule is CN(Cc1ccc(N(C)C)cc1)C(=O)C1c2ccccc2Oc2ccccc21. The number of hydrogen-bond acceptors (Lipinski definition) is 3. The van der Waals surface area contributed by atoms with Gasteiger partial charge in [0.1, 0.15) is 11.5 Å². The Hall–Kier alpha value is -3.27. The highest BCUT2D eigenvalue weighted by molar-refractivity contribution is 5.89. The number of fused-ring (bicyclic) bond motifs is 2. The number of amides is 1. The molecule has 0 N–H and O–H groups in total. The fourth-order valence-electron chi connectivity index (χ4n) is 3.65. The van der Waals surface area contributed by atoms with Gasteiger partial charge >= 0.3 is 0 Å². The Morgan fingerprint density at radius 2 is 1.36 bits per heavy atom. The first-order valence-corrected chi connectivity index (χ1v) is 9.41. The molecule has 3 aromatic carbocycles. The number of nitrogens with zero attached hydrogens (tertiary/aromatic N) is 2. The quantitative estimate of drug-likeness (QED) is 0.668. The van der Waals surface area contributed by atoms with Gasteiger partial charge in [-0.2, -0.15) is 0 Å². The van der Waals surface area contributed by atoms with E-state index in [0.29, 0.717) is 6.54 Å². The van der Waals surface area contributed by atoms with Crippen molar-refractivity contribution in [1.82, 2.24) is 4.90 Å². The molecule has 1 amide bonds. The Morgan fingerprint density at radius 3 is 1.89 bits per heavy atom. The first-order chi connectivity index (χ1) is 13.5. The molecule has 0 spiro atoms. The van der Waals surface area contributed by atoms with Crippen molar-refractivity contribution in [2.24, 2.45) is 0 Å². The largest absolute Gasteiger partial charge is 0.457 e. The molecular formula is C24H24N2O2. The van der Waals surface area contributed by atoms with Gasteiger partial charge in [0.15, 0.2) is 0 Å². The smallest absolute Gasteiger partial charge is 0.234 e. The third-order valence-corrected chi connectivity index (χ3v) is 5.18. The fourth-order valence-corrected chi connectivity index (χ4v) is 3.65. The fraction of sp³-hybridized carbons (Fsp3) is 0.208. The van der Waals surface area contributed by atoms with E-state index in [-0.39, 0.29) is 11.8 Å². The highest BCUT2D eigenvalue weighted by Crippen LogP contribution is 2.44. The van der Waals surface area contributed by atoms with Gasteiger partial charge < -0.3 is 14.5 Å². The summed E-state index contributed by atoms with van der Waals surface area (Å²) >= 11 is 0. The zero-order valence-electron chi connectivity index (χ0n) is 16.4. The van der Waals surface area contributed by atoms with E-state index < -0.39 is 0 Å². The van der Waals surface area contributed by atoms with Crippen LogP contribution in [0.3, 0.4) is 0 Å².